The lowest BCUT2D eigenvalue weighted by molar-refractivity contribution is 0.0165. The average molecular weight is 239 g/mol. The average Bonchev–Trinajstić information content (AvgIpc) is 2.63. The number of thiophene rings is 1. The Bertz CT molecular complexity index is 372. The molecule has 0 amide bonds. The third kappa shape index (κ3) is 2.04. The lowest BCUT2D eigenvalue weighted by Crippen LogP contribution is -2.31. The van der Waals surface area contributed by atoms with E-state index >= 15 is 0 Å². The van der Waals surface area contributed by atoms with E-state index in [4.69, 9.17) is 5.73 Å². The largest absolute Gasteiger partial charge is 0.384 e. The monoisotopic (exact) mass is 239 g/mol. The van der Waals surface area contributed by atoms with Gasteiger partial charge in [-0.1, -0.05) is 13.8 Å². The fourth-order valence-corrected chi connectivity index (χ4v) is 3.84. The van der Waals surface area contributed by atoms with Crippen LogP contribution >= 0.6 is 11.3 Å². The molecular formula is C13H21NOS. The Morgan fingerprint density at radius 1 is 1.56 bits per heavy atom. The summed E-state index contributed by atoms with van der Waals surface area (Å²) in [5.41, 5.74) is 6.33. The smallest absolute Gasteiger partial charge is 0.100 e. The lowest BCUT2D eigenvalue weighted by atomic mass is 9.83. The van der Waals surface area contributed by atoms with Crippen molar-refractivity contribution in [2.45, 2.75) is 51.0 Å². The molecule has 2 nitrogen and oxygen atoms in total. The topological polar surface area (TPSA) is 46.2 Å². The summed E-state index contributed by atoms with van der Waals surface area (Å²) in [5, 5.41) is 10.6. The molecule has 1 aromatic rings. The molecule has 1 atom stereocenters. The van der Waals surface area contributed by atoms with Crippen LogP contribution in [0.25, 0.3) is 0 Å². The highest BCUT2D eigenvalue weighted by Crippen LogP contribution is 2.43. The number of rotatable bonds is 3. The van der Waals surface area contributed by atoms with E-state index in [0.717, 1.165) is 19.3 Å². The Morgan fingerprint density at radius 3 is 2.94 bits per heavy atom. The first-order valence-corrected chi connectivity index (χ1v) is 6.94. The molecule has 0 spiro atoms. The molecule has 2 rings (SSSR count). The first kappa shape index (κ1) is 12.1. The van der Waals surface area contributed by atoms with Gasteiger partial charge < -0.3 is 10.8 Å². The van der Waals surface area contributed by atoms with Crippen LogP contribution in [0.15, 0.2) is 6.07 Å². The molecule has 0 aliphatic heterocycles. The van der Waals surface area contributed by atoms with Crippen LogP contribution in [0.3, 0.4) is 0 Å². The molecule has 3 heteroatoms. The Morgan fingerprint density at radius 2 is 2.31 bits per heavy atom. The maximum atomic E-state index is 10.6. The van der Waals surface area contributed by atoms with Gasteiger partial charge >= 0.3 is 0 Å². The lowest BCUT2D eigenvalue weighted by Gasteiger charge is -2.31. The first-order valence-electron chi connectivity index (χ1n) is 6.12. The molecule has 0 saturated carbocycles. The second-order valence-corrected chi connectivity index (χ2v) is 6.17. The molecule has 1 aromatic heterocycles. The number of fused-ring (bicyclic) bond motifs is 1. The predicted molar refractivity (Wildman–Crippen MR) is 68.9 cm³/mol. The Labute approximate surface area is 101 Å². The minimum Gasteiger partial charge on any atom is -0.384 e. The van der Waals surface area contributed by atoms with E-state index in [1.165, 1.54) is 15.3 Å². The van der Waals surface area contributed by atoms with Gasteiger partial charge in [0.05, 0.1) is 0 Å². The number of hydrogen-bond donors (Lipinski definition) is 2. The van der Waals surface area contributed by atoms with Crippen LogP contribution in [0, 0.1) is 0 Å². The summed E-state index contributed by atoms with van der Waals surface area (Å²) in [6, 6.07) is 2.28. The van der Waals surface area contributed by atoms with E-state index in [0.29, 0.717) is 18.9 Å². The molecule has 0 fully saturated rings. The molecule has 90 valence electrons. The van der Waals surface area contributed by atoms with Crippen LogP contribution in [0.1, 0.15) is 54.3 Å². The van der Waals surface area contributed by atoms with E-state index in [-0.39, 0.29) is 0 Å². The molecule has 0 aromatic carbocycles. The summed E-state index contributed by atoms with van der Waals surface area (Å²) < 4.78 is 0. The summed E-state index contributed by atoms with van der Waals surface area (Å²) in [6.07, 6.45) is 3.76. The van der Waals surface area contributed by atoms with Gasteiger partial charge in [0.25, 0.3) is 0 Å². The highest BCUT2D eigenvalue weighted by atomic mass is 32.1. The van der Waals surface area contributed by atoms with Gasteiger partial charge in [-0.2, -0.15) is 0 Å². The summed E-state index contributed by atoms with van der Waals surface area (Å²) in [6.45, 7) is 4.98. The van der Waals surface area contributed by atoms with Crippen molar-refractivity contribution >= 4 is 11.3 Å². The molecule has 1 unspecified atom stereocenters. The summed E-state index contributed by atoms with van der Waals surface area (Å²) in [4.78, 5) is 2.58. The minimum absolute atomic E-state index is 0.553. The van der Waals surface area contributed by atoms with Crippen LogP contribution in [-0.4, -0.2) is 11.7 Å². The van der Waals surface area contributed by atoms with E-state index in [2.05, 4.69) is 19.9 Å². The first-order chi connectivity index (χ1) is 7.57. The number of aliphatic hydroxyl groups is 1. The van der Waals surface area contributed by atoms with Crippen LogP contribution in [-0.2, 0) is 12.0 Å². The van der Waals surface area contributed by atoms with Crippen LogP contribution in [0.4, 0.5) is 0 Å². The maximum absolute atomic E-state index is 10.6. The minimum atomic E-state index is -0.639. The van der Waals surface area contributed by atoms with E-state index in [9.17, 15) is 5.11 Å². The van der Waals surface area contributed by atoms with Gasteiger partial charge in [0, 0.05) is 9.75 Å². The third-order valence-corrected chi connectivity index (χ3v) is 5.09. The standard InChI is InChI=1S/C13H21NOS/c1-9(2)11-8-10-4-3-5-13(15,6-7-14)12(10)16-11/h8-9,15H,3-7,14H2,1-2H3. The fourth-order valence-electron chi connectivity index (χ4n) is 2.48. The Hall–Kier alpha value is -0.380. The van der Waals surface area contributed by atoms with E-state index < -0.39 is 5.60 Å². The van der Waals surface area contributed by atoms with Crippen molar-refractivity contribution in [2.24, 2.45) is 5.73 Å². The van der Waals surface area contributed by atoms with Crippen LogP contribution in [0.2, 0.25) is 0 Å². The fraction of sp³-hybridized carbons (Fsp3) is 0.692. The van der Waals surface area contributed by atoms with Gasteiger partial charge in [-0.3, -0.25) is 0 Å². The van der Waals surface area contributed by atoms with Crippen molar-refractivity contribution < 1.29 is 5.11 Å². The van der Waals surface area contributed by atoms with Crippen molar-refractivity contribution in [3.05, 3.63) is 21.4 Å². The molecular weight excluding hydrogens is 218 g/mol. The maximum Gasteiger partial charge on any atom is 0.100 e. The van der Waals surface area contributed by atoms with Crippen molar-refractivity contribution in [1.29, 1.82) is 0 Å². The Balaban J connectivity index is 2.38. The van der Waals surface area contributed by atoms with Gasteiger partial charge in [-0.15, -0.1) is 11.3 Å². The zero-order chi connectivity index (χ0) is 11.8. The summed E-state index contributed by atoms with van der Waals surface area (Å²) in [7, 11) is 0. The zero-order valence-electron chi connectivity index (χ0n) is 10.1. The van der Waals surface area contributed by atoms with Crippen LogP contribution in [0.5, 0.6) is 0 Å². The predicted octanol–water partition coefficient (Wildman–Crippen LogP) is 2.74. The van der Waals surface area contributed by atoms with Crippen molar-refractivity contribution in [2.75, 3.05) is 6.54 Å². The molecule has 0 radical (unpaired) electrons. The number of hydrogen-bond acceptors (Lipinski definition) is 3. The SMILES string of the molecule is CC(C)c1cc2c(s1)C(O)(CCN)CCC2. The normalized spacial score (nSPS) is 24.8. The van der Waals surface area contributed by atoms with Gasteiger partial charge in [0.2, 0.25) is 0 Å². The molecule has 0 bridgehead atoms. The second-order valence-electron chi connectivity index (χ2n) is 5.08. The quantitative estimate of drug-likeness (QED) is 0.852. The summed E-state index contributed by atoms with van der Waals surface area (Å²) in [5.74, 6) is 0.553. The highest BCUT2D eigenvalue weighted by molar-refractivity contribution is 7.12. The molecule has 1 aliphatic carbocycles. The van der Waals surface area contributed by atoms with E-state index in [1.807, 2.05) is 0 Å². The molecule has 1 heterocycles. The third-order valence-electron chi connectivity index (χ3n) is 3.41. The molecule has 3 N–H and O–H groups in total. The zero-order valence-corrected chi connectivity index (χ0v) is 10.9. The van der Waals surface area contributed by atoms with Gasteiger partial charge in [0.1, 0.15) is 5.60 Å². The molecule has 1 aliphatic rings. The van der Waals surface area contributed by atoms with Crippen molar-refractivity contribution in [3.63, 3.8) is 0 Å². The van der Waals surface area contributed by atoms with Gasteiger partial charge in [-0.05, 0) is 49.8 Å². The van der Waals surface area contributed by atoms with Gasteiger partial charge in [-0.25, -0.2) is 0 Å². The van der Waals surface area contributed by atoms with Gasteiger partial charge in [0.15, 0.2) is 0 Å². The number of nitrogens with two attached hydrogens (primary N) is 1. The van der Waals surface area contributed by atoms with Crippen LogP contribution < -0.4 is 5.73 Å². The van der Waals surface area contributed by atoms with E-state index in [1.54, 1.807) is 11.3 Å². The Kier molecular flexibility index (Phi) is 3.38. The molecule has 0 saturated heterocycles. The highest BCUT2D eigenvalue weighted by Gasteiger charge is 2.35. The second kappa shape index (κ2) is 4.47. The van der Waals surface area contributed by atoms with Crippen molar-refractivity contribution in [3.8, 4) is 0 Å². The van der Waals surface area contributed by atoms with Crippen molar-refractivity contribution in [1.82, 2.24) is 0 Å². The number of aryl methyl sites for hydroxylation is 1. The molecule has 16 heavy (non-hydrogen) atoms. The summed E-state index contributed by atoms with van der Waals surface area (Å²) >= 11 is 1.78.